The smallest absolute Gasteiger partial charge is 0.159 e. The molecule has 2 atom stereocenters. The molecule has 4 heteroatoms. The van der Waals surface area contributed by atoms with Crippen molar-refractivity contribution in [1.29, 1.82) is 5.26 Å². The van der Waals surface area contributed by atoms with Gasteiger partial charge in [-0.2, -0.15) is 5.26 Å². The molecule has 0 heterocycles. The maximum Gasteiger partial charge on any atom is 0.159 e. The van der Waals surface area contributed by atoms with Gasteiger partial charge in [-0.3, -0.25) is 4.79 Å². The number of hydrogen-bond donors (Lipinski definition) is 2. The van der Waals surface area contributed by atoms with Gasteiger partial charge >= 0.3 is 0 Å². The predicted molar refractivity (Wildman–Crippen MR) is 35.3 cm³/mol. The van der Waals surface area contributed by atoms with Crippen molar-refractivity contribution in [1.82, 2.24) is 0 Å². The molecular formula is C7H7NO3. The fourth-order valence-electron chi connectivity index (χ4n) is 0.941. The highest BCUT2D eigenvalue weighted by molar-refractivity contribution is 5.92. The molecule has 0 aromatic rings. The predicted octanol–water partition coefficient (Wildman–Crippen LogP) is -0.869. The molecule has 0 saturated heterocycles. The van der Waals surface area contributed by atoms with Crippen LogP contribution in [0.5, 0.6) is 0 Å². The zero-order valence-electron chi connectivity index (χ0n) is 5.69. The van der Waals surface area contributed by atoms with Gasteiger partial charge < -0.3 is 10.2 Å². The van der Waals surface area contributed by atoms with Gasteiger partial charge in [0.05, 0.1) is 17.7 Å². The molecule has 0 spiro atoms. The molecule has 0 aromatic carbocycles. The monoisotopic (exact) mass is 153 g/mol. The topological polar surface area (TPSA) is 81.3 Å². The Balaban J connectivity index is 2.92. The van der Waals surface area contributed by atoms with Crippen LogP contribution in [0.4, 0.5) is 0 Å². The van der Waals surface area contributed by atoms with E-state index in [1.807, 2.05) is 0 Å². The van der Waals surface area contributed by atoms with Gasteiger partial charge in [0.1, 0.15) is 6.10 Å². The lowest BCUT2D eigenvalue weighted by molar-refractivity contribution is -0.118. The molecule has 4 nitrogen and oxygen atoms in total. The van der Waals surface area contributed by atoms with E-state index >= 15 is 0 Å². The van der Waals surface area contributed by atoms with Crippen molar-refractivity contribution in [3.8, 4) is 6.07 Å². The third-order valence-electron chi connectivity index (χ3n) is 1.54. The van der Waals surface area contributed by atoms with Crippen molar-refractivity contribution >= 4 is 5.78 Å². The van der Waals surface area contributed by atoms with Gasteiger partial charge in [-0.15, -0.1) is 0 Å². The van der Waals surface area contributed by atoms with E-state index in [1.54, 1.807) is 6.07 Å². The number of carbonyl (C=O) groups excluding carboxylic acids is 1. The molecule has 2 unspecified atom stereocenters. The molecule has 0 aromatic heterocycles. The largest absolute Gasteiger partial charge is 0.390 e. The summed E-state index contributed by atoms with van der Waals surface area (Å²) in [6.45, 7) is 0. The zero-order valence-corrected chi connectivity index (χ0v) is 5.69. The van der Waals surface area contributed by atoms with E-state index in [2.05, 4.69) is 0 Å². The van der Waals surface area contributed by atoms with Crippen LogP contribution in [0.25, 0.3) is 0 Å². The first-order valence-corrected chi connectivity index (χ1v) is 3.16. The minimum absolute atomic E-state index is 0.0613. The van der Waals surface area contributed by atoms with Crippen LogP contribution in [0, 0.1) is 11.3 Å². The number of allylic oxidation sites excluding steroid dienone is 1. The number of hydrogen-bond acceptors (Lipinski definition) is 4. The molecule has 1 rings (SSSR count). The average Bonchev–Trinajstić information content (AvgIpc) is 1.96. The first-order chi connectivity index (χ1) is 5.15. The number of carbonyl (C=O) groups is 1. The molecule has 0 aliphatic heterocycles. The van der Waals surface area contributed by atoms with Gasteiger partial charge in [-0.05, 0) is 6.08 Å². The molecule has 2 N–H and O–H groups in total. The van der Waals surface area contributed by atoms with Crippen LogP contribution in [0.2, 0.25) is 0 Å². The highest BCUT2D eigenvalue weighted by Gasteiger charge is 2.27. The van der Waals surface area contributed by atoms with Gasteiger partial charge in [0.15, 0.2) is 5.78 Å². The number of nitriles is 1. The fraction of sp³-hybridized carbons (Fsp3) is 0.429. The zero-order chi connectivity index (χ0) is 8.43. The van der Waals surface area contributed by atoms with Crippen molar-refractivity contribution in [2.24, 2.45) is 0 Å². The highest BCUT2D eigenvalue weighted by atomic mass is 16.3. The lowest BCUT2D eigenvalue weighted by Gasteiger charge is -2.19. The quantitative estimate of drug-likeness (QED) is 0.474. The van der Waals surface area contributed by atoms with Crippen molar-refractivity contribution in [2.75, 3.05) is 0 Å². The molecule has 0 amide bonds. The second kappa shape index (κ2) is 2.82. The molecule has 11 heavy (non-hydrogen) atoms. The van der Waals surface area contributed by atoms with E-state index in [1.165, 1.54) is 0 Å². The van der Waals surface area contributed by atoms with Gasteiger partial charge in [0.2, 0.25) is 0 Å². The molecule has 0 bridgehead atoms. The van der Waals surface area contributed by atoms with E-state index in [-0.39, 0.29) is 17.8 Å². The minimum atomic E-state index is -1.20. The summed E-state index contributed by atoms with van der Waals surface area (Å²) in [4.78, 5) is 10.7. The average molecular weight is 153 g/mol. The van der Waals surface area contributed by atoms with Crippen LogP contribution >= 0.6 is 0 Å². The Bertz CT molecular complexity index is 251. The molecule has 58 valence electrons. The summed E-state index contributed by atoms with van der Waals surface area (Å²) in [6, 6.07) is 1.64. The maximum absolute atomic E-state index is 10.7. The van der Waals surface area contributed by atoms with Crippen molar-refractivity contribution in [3.05, 3.63) is 11.6 Å². The van der Waals surface area contributed by atoms with Gasteiger partial charge in [-0.1, -0.05) is 0 Å². The highest BCUT2D eigenvalue weighted by Crippen LogP contribution is 2.15. The maximum atomic E-state index is 10.7. The second-order valence-electron chi connectivity index (χ2n) is 2.39. The van der Waals surface area contributed by atoms with E-state index in [0.717, 1.165) is 6.08 Å². The van der Waals surface area contributed by atoms with Gasteiger partial charge in [0.25, 0.3) is 0 Å². The Labute approximate surface area is 63.4 Å². The van der Waals surface area contributed by atoms with E-state index in [0.29, 0.717) is 0 Å². The van der Waals surface area contributed by atoms with Crippen LogP contribution in [0.1, 0.15) is 6.42 Å². The molecule has 0 radical (unpaired) electrons. The third kappa shape index (κ3) is 1.45. The summed E-state index contributed by atoms with van der Waals surface area (Å²) in [5.41, 5.74) is -0.0613. The summed E-state index contributed by atoms with van der Waals surface area (Å²) in [6.07, 6.45) is -1.36. The summed E-state index contributed by atoms with van der Waals surface area (Å²) in [5.74, 6) is -0.320. The first kappa shape index (κ1) is 7.92. The molecule has 1 aliphatic carbocycles. The Hall–Kier alpha value is -1.18. The molecular weight excluding hydrogens is 146 g/mol. The van der Waals surface area contributed by atoms with Crippen LogP contribution < -0.4 is 0 Å². The number of aliphatic hydroxyl groups excluding tert-OH is 2. The van der Waals surface area contributed by atoms with Crippen molar-refractivity contribution < 1.29 is 15.0 Å². The van der Waals surface area contributed by atoms with Gasteiger partial charge in [0, 0.05) is 6.42 Å². The molecule has 0 fully saturated rings. The summed E-state index contributed by atoms with van der Waals surface area (Å²) in [5, 5.41) is 26.4. The SMILES string of the molecule is N#CC1=CC(=O)CC(O)C1O. The third-order valence-corrected chi connectivity index (χ3v) is 1.54. The van der Waals surface area contributed by atoms with Crippen LogP contribution in [0.3, 0.4) is 0 Å². The molecule has 0 saturated carbocycles. The molecule has 1 aliphatic rings. The van der Waals surface area contributed by atoms with E-state index in [9.17, 15) is 4.79 Å². The van der Waals surface area contributed by atoms with E-state index in [4.69, 9.17) is 15.5 Å². The van der Waals surface area contributed by atoms with Crippen LogP contribution in [0.15, 0.2) is 11.6 Å². The van der Waals surface area contributed by atoms with Gasteiger partial charge in [-0.25, -0.2) is 0 Å². The van der Waals surface area contributed by atoms with Crippen molar-refractivity contribution in [2.45, 2.75) is 18.6 Å². The Morgan fingerprint density at radius 1 is 1.64 bits per heavy atom. The summed E-state index contributed by atoms with van der Waals surface area (Å²) >= 11 is 0. The standard InChI is InChI=1S/C7H7NO3/c8-3-4-1-5(9)2-6(10)7(4)11/h1,6-7,10-11H,2H2. The van der Waals surface area contributed by atoms with E-state index < -0.39 is 12.2 Å². The minimum Gasteiger partial charge on any atom is -0.390 e. The van der Waals surface area contributed by atoms with Crippen molar-refractivity contribution in [3.63, 3.8) is 0 Å². The Kier molecular flexibility index (Phi) is 2.03. The number of nitrogens with zero attached hydrogens (tertiary/aromatic N) is 1. The van der Waals surface area contributed by atoms with Crippen LogP contribution in [-0.2, 0) is 4.79 Å². The number of ketones is 1. The van der Waals surface area contributed by atoms with Crippen LogP contribution in [-0.4, -0.2) is 28.2 Å². The Morgan fingerprint density at radius 2 is 2.27 bits per heavy atom. The summed E-state index contributed by atoms with van der Waals surface area (Å²) in [7, 11) is 0. The normalized spacial score (nSPS) is 31.0. The number of rotatable bonds is 0. The fourth-order valence-corrected chi connectivity index (χ4v) is 0.941. The lowest BCUT2D eigenvalue weighted by Crippen LogP contribution is -2.33. The summed E-state index contributed by atoms with van der Waals surface area (Å²) < 4.78 is 0. The first-order valence-electron chi connectivity index (χ1n) is 3.16. The Morgan fingerprint density at radius 3 is 2.82 bits per heavy atom. The second-order valence-corrected chi connectivity index (χ2v) is 2.39. The lowest BCUT2D eigenvalue weighted by atomic mass is 9.94. The number of aliphatic hydroxyl groups is 2.